The molecule has 184 valence electrons. The molecule has 0 saturated carbocycles. The Bertz CT molecular complexity index is 1300. The molecule has 3 aromatic rings. The average Bonchev–Trinajstić information content (AvgIpc) is 3.54. The second-order valence-electron chi connectivity index (χ2n) is 8.77. The largest absolute Gasteiger partial charge is 0.455 e. The van der Waals surface area contributed by atoms with E-state index in [1.54, 1.807) is 31.6 Å². The molecule has 0 bridgehead atoms. The molecule has 0 aromatic carbocycles. The SMILES string of the molecule is CNC[C@H]1CCCN1C(=O)c1c[nH]c(/C(=C\C=N)Oc2ccn3c(C(=O)NC)c(C)cc3c2)c1C. The van der Waals surface area contributed by atoms with Crippen molar-refractivity contribution in [2.75, 3.05) is 27.2 Å². The van der Waals surface area contributed by atoms with Crippen LogP contribution in [-0.4, -0.2) is 65.5 Å². The minimum Gasteiger partial charge on any atom is -0.455 e. The summed E-state index contributed by atoms with van der Waals surface area (Å²) in [6.07, 6.45) is 8.21. The van der Waals surface area contributed by atoms with Crippen molar-refractivity contribution in [3.8, 4) is 5.75 Å². The highest BCUT2D eigenvalue weighted by Crippen LogP contribution is 2.29. The van der Waals surface area contributed by atoms with E-state index in [-0.39, 0.29) is 17.9 Å². The summed E-state index contributed by atoms with van der Waals surface area (Å²) in [5, 5.41) is 13.5. The van der Waals surface area contributed by atoms with Gasteiger partial charge in [0.1, 0.15) is 11.4 Å². The maximum absolute atomic E-state index is 13.3. The number of carbonyl (C=O) groups is 2. The van der Waals surface area contributed by atoms with E-state index >= 15 is 0 Å². The highest BCUT2D eigenvalue weighted by Gasteiger charge is 2.31. The van der Waals surface area contributed by atoms with Gasteiger partial charge in [-0.25, -0.2) is 0 Å². The van der Waals surface area contributed by atoms with Gasteiger partial charge in [-0.3, -0.25) is 9.59 Å². The minimum atomic E-state index is -0.158. The standard InChI is InChI=1S/C26H32N6O3/c1-16-12-19-13-20(8-11-31(19)24(16)25(33)29-4)35-22(7-9-27)23-17(2)21(15-30-23)26(34)32-10-5-6-18(32)14-28-3/h7-9,11-13,15,18,27-28,30H,5-6,10,14H2,1-4H3,(H,29,33)/b22-7+,27-9?/t18-/m1/s1. The monoisotopic (exact) mass is 476 g/mol. The molecule has 9 heteroatoms. The highest BCUT2D eigenvalue weighted by molar-refractivity contribution is 5.98. The van der Waals surface area contributed by atoms with Gasteiger partial charge in [-0.05, 0) is 57.0 Å². The molecular formula is C26H32N6O3. The summed E-state index contributed by atoms with van der Waals surface area (Å²) in [6.45, 7) is 5.30. The fraction of sp³-hybridized carbons (Fsp3) is 0.346. The molecule has 1 saturated heterocycles. The lowest BCUT2D eigenvalue weighted by Crippen LogP contribution is -2.40. The van der Waals surface area contributed by atoms with Crippen molar-refractivity contribution < 1.29 is 14.3 Å². The first-order valence-electron chi connectivity index (χ1n) is 11.8. The fourth-order valence-corrected chi connectivity index (χ4v) is 4.81. The second-order valence-corrected chi connectivity index (χ2v) is 8.77. The lowest BCUT2D eigenvalue weighted by Gasteiger charge is -2.24. The second kappa shape index (κ2) is 10.2. The van der Waals surface area contributed by atoms with E-state index < -0.39 is 0 Å². The van der Waals surface area contributed by atoms with Gasteiger partial charge in [0, 0.05) is 62.4 Å². The van der Waals surface area contributed by atoms with Crippen molar-refractivity contribution in [3.05, 3.63) is 64.7 Å². The molecule has 3 aromatic heterocycles. The normalized spacial score (nSPS) is 16.1. The van der Waals surface area contributed by atoms with Crippen molar-refractivity contribution in [2.24, 2.45) is 0 Å². The summed E-state index contributed by atoms with van der Waals surface area (Å²) in [7, 11) is 3.51. The average molecular weight is 477 g/mol. The number of rotatable bonds is 8. The summed E-state index contributed by atoms with van der Waals surface area (Å²) < 4.78 is 7.99. The Morgan fingerprint density at radius 2 is 2.09 bits per heavy atom. The number of fused-ring (bicyclic) bond motifs is 1. The number of likely N-dealkylation sites (N-methyl/N-ethyl adjacent to an activating group) is 1. The van der Waals surface area contributed by atoms with Crippen molar-refractivity contribution in [1.29, 1.82) is 5.41 Å². The molecule has 2 amide bonds. The van der Waals surface area contributed by atoms with E-state index in [1.807, 2.05) is 42.3 Å². The number of aromatic amines is 1. The smallest absolute Gasteiger partial charge is 0.268 e. The van der Waals surface area contributed by atoms with Crippen LogP contribution in [0.15, 0.2) is 36.7 Å². The number of hydrogen-bond acceptors (Lipinski definition) is 5. The third-order valence-corrected chi connectivity index (χ3v) is 6.53. The number of amides is 2. The van der Waals surface area contributed by atoms with Gasteiger partial charge in [-0.15, -0.1) is 0 Å². The first kappa shape index (κ1) is 24.3. The Balaban J connectivity index is 1.62. The molecule has 0 aliphatic carbocycles. The number of H-pyrrole nitrogens is 1. The number of allylic oxidation sites excluding steroid dienone is 1. The molecule has 4 N–H and O–H groups in total. The highest BCUT2D eigenvalue weighted by atomic mass is 16.5. The molecule has 1 aliphatic heterocycles. The molecule has 4 rings (SSSR count). The Morgan fingerprint density at radius 1 is 1.29 bits per heavy atom. The quantitative estimate of drug-likeness (QED) is 0.295. The van der Waals surface area contributed by atoms with Crippen molar-refractivity contribution in [2.45, 2.75) is 32.7 Å². The Morgan fingerprint density at radius 3 is 2.80 bits per heavy atom. The van der Waals surface area contributed by atoms with Gasteiger partial charge in [0.05, 0.1) is 11.3 Å². The van der Waals surface area contributed by atoms with Crippen molar-refractivity contribution in [1.82, 2.24) is 24.9 Å². The van der Waals surface area contributed by atoms with Crippen LogP contribution in [0, 0.1) is 19.3 Å². The number of ether oxygens (including phenoxy) is 1. The summed E-state index contributed by atoms with van der Waals surface area (Å²) in [6, 6.07) is 5.72. The number of aromatic nitrogens is 2. The topological polar surface area (TPSA) is 115 Å². The molecule has 35 heavy (non-hydrogen) atoms. The summed E-state index contributed by atoms with van der Waals surface area (Å²) >= 11 is 0. The maximum Gasteiger partial charge on any atom is 0.268 e. The van der Waals surface area contributed by atoms with Crippen LogP contribution in [0.3, 0.4) is 0 Å². The van der Waals surface area contributed by atoms with Gasteiger partial charge in [0.25, 0.3) is 11.8 Å². The van der Waals surface area contributed by atoms with Crippen molar-refractivity contribution in [3.63, 3.8) is 0 Å². The zero-order chi connectivity index (χ0) is 25.1. The summed E-state index contributed by atoms with van der Waals surface area (Å²) in [4.78, 5) is 30.7. The number of pyridine rings is 1. The molecule has 4 heterocycles. The van der Waals surface area contributed by atoms with Gasteiger partial charge in [-0.2, -0.15) is 0 Å². The number of aryl methyl sites for hydroxylation is 1. The number of carbonyl (C=O) groups excluding carboxylic acids is 2. The Labute approximate surface area is 204 Å². The van der Waals surface area contributed by atoms with Gasteiger partial charge in [-0.1, -0.05) is 0 Å². The van der Waals surface area contributed by atoms with Gasteiger partial charge in [0.15, 0.2) is 5.76 Å². The Hall–Kier alpha value is -3.85. The maximum atomic E-state index is 13.3. The zero-order valence-electron chi connectivity index (χ0n) is 20.6. The van der Waals surface area contributed by atoms with E-state index in [0.717, 1.165) is 48.8 Å². The van der Waals surface area contributed by atoms with E-state index in [0.29, 0.717) is 28.5 Å². The lowest BCUT2D eigenvalue weighted by atomic mass is 10.1. The van der Waals surface area contributed by atoms with Gasteiger partial charge in [0.2, 0.25) is 0 Å². The molecule has 0 unspecified atom stereocenters. The van der Waals surface area contributed by atoms with Crippen LogP contribution in [-0.2, 0) is 0 Å². The third-order valence-electron chi connectivity index (χ3n) is 6.53. The molecule has 0 spiro atoms. The van der Waals surface area contributed by atoms with Crippen LogP contribution >= 0.6 is 0 Å². The van der Waals surface area contributed by atoms with E-state index in [2.05, 4.69) is 15.6 Å². The van der Waals surface area contributed by atoms with E-state index in [1.165, 1.54) is 0 Å². The predicted octanol–water partition coefficient (Wildman–Crippen LogP) is 3.14. The molecule has 1 atom stereocenters. The molecule has 0 radical (unpaired) electrons. The fourth-order valence-electron chi connectivity index (χ4n) is 4.81. The molecular weight excluding hydrogens is 444 g/mol. The molecule has 9 nitrogen and oxygen atoms in total. The first-order chi connectivity index (χ1) is 16.9. The third kappa shape index (κ3) is 4.59. The number of nitrogens with one attached hydrogen (secondary N) is 4. The van der Waals surface area contributed by atoms with Crippen LogP contribution in [0.4, 0.5) is 0 Å². The van der Waals surface area contributed by atoms with E-state index in [4.69, 9.17) is 10.1 Å². The summed E-state index contributed by atoms with van der Waals surface area (Å²) in [5.41, 5.74) is 4.29. The summed E-state index contributed by atoms with van der Waals surface area (Å²) in [5.74, 6) is 0.837. The number of likely N-dealkylation sites (tertiary alicyclic amines) is 1. The molecule has 1 aliphatic rings. The van der Waals surface area contributed by atoms with Gasteiger partial charge < -0.3 is 35.1 Å². The van der Waals surface area contributed by atoms with Crippen LogP contribution in [0.1, 0.15) is 50.5 Å². The van der Waals surface area contributed by atoms with Crippen LogP contribution < -0.4 is 15.4 Å². The zero-order valence-corrected chi connectivity index (χ0v) is 20.6. The number of hydrogen-bond donors (Lipinski definition) is 4. The number of nitrogens with zero attached hydrogens (tertiary/aromatic N) is 2. The van der Waals surface area contributed by atoms with Crippen LogP contribution in [0.2, 0.25) is 0 Å². The first-order valence-corrected chi connectivity index (χ1v) is 11.8. The van der Waals surface area contributed by atoms with Gasteiger partial charge >= 0.3 is 0 Å². The minimum absolute atomic E-state index is 0.00348. The molecule has 1 fully saturated rings. The Kier molecular flexibility index (Phi) is 7.07. The van der Waals surface area contributed by atoms with Crippen LogP contribution in [0.25, 0.3) is 11.3 Å². The lowest BCUT2D eigenvalue weighted by molar-refractivity contribution is 0.0736. The predicted molar refractivity (Wildman–Crippen MR) is 136 cm³/mol. The van der Waals surface area contributed by atoms with E-state index in [9.17, 15) is 9.59 Å². The van der Waals surface area contributed by atoms with Crippen molar-refractivity contribution >= 4 is 29.3 Å². The van der Waals surface area contributed by atoms with Crippen LogP contribution in [0.5, 0.6) is 5.75 Å².